The summed E-state index contributed by atoms with van der Waals surface area (Å²) in [4.78, 5) is 29.2. The number of amides is 1. The summed E-state index contributed by atoms with van der Waals surface area (Å²) in [5, 5.41) is 14.6. The van der Waals surface area contributed by atoms with Crippen molar-refractivity contribution in [1.82, 2.24) is 10.2 Å². The zero-order valence-corrected chi connectivity index (χ0v) is 26.6. The van der Waals surface area contributed by atoms with E-state index in [1.807, 2.05) is 30.3 Å². The van der Waals surface area contributed by atoms with Crippen LogP contribution in [0.2, 0.25) is 0 Å². The third-order valence-corrected chi connectivity index (χ3v) is 9.82. The van der Waals surface area contributed by atoms with Gasteiger partial charge >= 0.3 is 5.97 Å². The van der Waals surface area contributed by atoms with Crippen LogP contribution in [0.3, 0.4) is 0 Å². The van der Waals surface area contributed by atoms with E-state index in [0.29, 0.717) is 12.5 Å². The first-order valence-electron chi connectivity index (χ1n) is 16.1. The molecule has 2 N–H and O–H groups in total. The molecule has 1 saturated heterocycles. The number of benzene rings is 2. The molecule has 2 fully saturated rings. The quantitative estimate of drug-likeness (QED) is 0.291. The van der Waals surface area contributed by atoms with Crippen LogP contribution in [0.4, 0.5) is 0 Å². The monoisotopic (exact) mass is 576 g/mol. The number of hydrogen-bond donors (Lipinski definition) is 2. The van der Waals surface area contributed by atoms with Crippen molar-refractivity contribution in [2.75, 3.05) is 7.11 Å². The number of methoxy groups -OCH3 is 1. The first kappa shape index (κ1) is 32.1. The molecule has 1 saturated carbocycles. The largest absolute Gasteiger partial charge is 0.496 e. The lowest BCUT2D eigenvalue weighted by Gasteiger charge is -2.36. The Morgan fingerprint density at radius 1 is 1.02 bits per heavy atom. The molecule has 0 aromatic heterocycles. The molecule has 42 heavy (non-hydrogen) atoms. The number of carboxylic acids is 1. The fraction of sp³-hybridized carbons (Fsp3) is 0.611. The molecule has 230 valence electrons. The maximum absolute atomic E-state index is 14.3. The highest BCUT2D eigenvalue weighted by atomic mass is 16.5. The molecule has 6 nitrogen and oxygen atoms in total. The Bertz CT molecular complexity index is 1180. The van der Waals surface area contributed by atoms with E-state index in [2.05, 4.69) is 58.1 Å². The molecule has 1 amide bonds. The highest BCUT2D eigenvalue weighted by Crippen LogP contribution is 2.49. The van der Waals surface area contributed by atoms with Gasteiger partial charge in [-0.25, -0.2) is 4.79 Å². The van der Waals surface area contributed by atoms with Crippen molar-refractivity contribution in [1.29, 1.82) is 0 Å². The summed E-state index contributed by atoms with van der Waals surface area (Å²) in [7, 11) is 1.70. The Morgan fingerprint density at radius 3 is 2.26 bits per heavy atom. The van der Waals surface area contributed by atoms with Crippen LogP contribution in [-0.4, -0.2) is 41.1 Å². The first-order valence-corrected chi connectivity index (χ1v) is 16.1. The van der Waals surface area contributed by atoms with Crippen molar-refractivity contribution >= 4 is 11.9 Å². The maximum atomic E-state index is 14.3. The molecule has 2 aromatic rings. The van der Waals surface area contributed by atoms with Gasteiger partial charge in [-0.3, -0.25) is 4.79 Å². The Balaban J connectivity index is 1.76. The van der Waals surface area contributed by atoms with E-state index in [4.69, 9.17) is 4.74 Å². The molecule has 0 unspecified atom stereocenters. The van der Waals surface area contributed by atoms with Gasteiger partial charge in [-0.1, -0.05) is 109 Å². The van der Waals surface area contributed by atoms with Gasteiger partial charge in [-0.05, 0) is 47.8 Å². The molecule has 2 aromatic carbocycles. The Kier molecular flexibility index (Phi) is 10.7. The van der Waals surface area contributed by atoms with E-state index in [9.17, 15) is 14.7 Å². The predicted octanol–water partition coefficient (Wildman–Crippen LogP) is 7.41. The molecule has 6 heteroatoms. The number of likely N-dealkylation sites (tertiary alicyclic amines) is 1. The minimum absolute atomic E-state index is 0.000691. The lowest BCUT2D eigenvalue weighted by atomic mass is 9.72. The molecule has 0 spiro atoms. The van der Waals surface area contributed by atoms with E-state index in [0.717, 1.165) is 68.2 Å². The van der Waals surface area contributed by atoms with Crippen LogP contribution >= 0.6 is 0 Å². The number of carbonyl (C=O) groups is 2. The van der Waals surface area contributed by atoms with Gasteiger partial charge in [-0.2, -0.15) is 0 Å². The van der Waals surface area contributed by atoms with E-state index in [1.54, 1.807) is 12.0 Å². The summed E-state index contributed by atoms with van der Waals surface area (Å²) in [6.45, 7) is 11.3. The van der Waals surface area contributed by atoms with Crippen LogP contribution in [0.15, 0.2) is 48.5 Å². The number of aliphatic carboxylic acids is 1. The fourth-order valence-corrected chi connectivity index (χ4v) is 7.52. The summed E-state index contributed by atoms with van der Waals surface area (Å²) in [6, 6.07) is 14.9. The zero-order valence-electron chi connectivity index (χ0n) is 26.6. The predicted molar refractivity (Wildman–Crippen MR) is 168 cm³/mol. The lowest BCUT2D eigenvalue weighted by molar-refractivity contribution is -0.154. The number of ether oxygens (including phenoxy) is 1. The molecule has 0 radical (unpaired) electrons. The fourth-order valence-electron chi connectivity index (χ4n) is 7.52. The van der Waals surface area contributed by atoms with Crippen molar-refractivity contribution < 1.29 is 19.4 Å². The molecule has 1 aliphatic carbocycles. The van der Waals surface area contributed by atoms with Gasteiger partial charge in [0.2, 0.25) is 5.91 Å². The second-order valence-corrected chi connectivity index (χ2v) is 13.6. The third-order valence-electron chi connectivity index (χ3n) is 9.82. The normalized spacial score (nSPS) is 23.4. The van der Waals surface area contributed by atoms with Crippen molar-refractivity contribution in [2.45, 2.75) is 111 Å². The number of hydrogen-bond acceptors (Lipinski definition) is 4. The van der Waals surface area contributed by atoms with E-state index in [-0.39, 0.29) is 35.2 Å². The van der Waals surface area contributed by atoms with Gasteiger partial charge in [0.1, 0.15) is 11.8 Å². The summed E-state index contributed by atoms with van der Waals surface area (Å²) < 4.78 is 5.78. The van der Waals surface area contributed by atoms with Gasteiger partial charge in [0.25, 0.3) is 0 Å². The van der Waals surface area contributed by atoms with Crippen LogP contribution in [-0.2, 0) is 22.6 Å². The van der Waals surface area contributed by atoms with Crippen LogP contribution in [0.5, 0.6) is 5.75 Å². The molecular formula is C36H52N2O4. The van der Waals surface area contributed by atoms with Gasteiger partial charge in [0, 0.05) is 30.0 Å². The summed E-state index contributed by atoms with van der Waals surface area (Å²) in [6.07, 6.45) is 8.17. The number of nitrogens with zero attached hydrogens (tertiary/aromatic N) is 1. The SMILES string of the molecule is CCC(CC)Cc1ccc(OC)c(CN[C@H]2[C@H](C(C)(C)C)[C@@H](C(=O)O)N(C(=O)C3CCCCC3)[C@H]2c2ccccc2)c1. The number of carbonyl (C=O) groups excluding carboxylic acids is 1. The Morgan fingerprint density at radius 2 is 1.69 bits per heavy atom. The molecule has 1 aliphatic heterocycles. The minimum atomic E-state index is -0.922. The second-order valence-electron chi connectivity index (χ2n) is 13.6. The highest BCUT2D eigenvalue weighted by Gasteiger charge is 2.58. The topological polar surface area (TPSA) is 78.9 Å². The molecule has 4 rings (SSSR count). The van der Waals surface area contributed by atoms with Crippen molar-refractivity contribution in [3.8, 4) is 5.75 Å². The van der Waals surface area contributed by atoms with Gasteiger partial charge in [-0.15, -0.1) is 0 Å². The average molecular weight is 577 g/mol. The third kappa shape index (κ3) is 7.02. The van der Waals surface area contributed by atoms with Gasteiger partial charge < -0.3 is 20.1 Å². The van der Waals surface area contributed by atoms with Crippen LogP contribution < -0.4 is 10.1 Å². The van der Waals surface area contributed by atoms with Gasteiger partial charge in [0.05, 0.1) is 13.2 Å². The number of rotatable bonds is 11. The summed E-state index contributed by atoms with van der Waals surface area (Å²) in [5.74, 6) is 0.118. The van der Waals surface area contributed by atoms with Crippen LogP contribution in [0, 0.1) is 23.2 Å². The van der Waals surface area contributed by atoms with Crippen molar-refractivity contribution in [3.63, 3.8) is 0 Å². The summed E-state index contributed by atoms with van der Waals surface area (Å²) in [5.41, 5.74) is 2.96. The average Bonchev–Trinajstić information content (AvgIpc) is 3.35. The smallest absolute Gasteiger partial charge is 0.326 e. The zero-order chi connectivity index (χ0) is 30.4. The Hall–Kier alpha value is -2.86. The number of carboxylic acid groups (broad SMARTS) is 1. The molecule has 4 atom stereocenters. The van der Waals surface area contributed by atoms with Crippen LogP contribution in [0.1, 0.15) is 102 Å². The highest BCUT2D eigenvalue weighted by molar-refractivity contribution is 5.87. The van der Waals surface area contributed by atoms with E-state index in [1.165, 1.54) is 5.56 Å². The van der Waals surface area contributed by atoms with E-state index >= 15 is 0 Å². The molecule has 1 heterocycles. The first-order chi connectivity index (χ1) is 20.1. The molecule has 2 aliphatic rings. The standard InChI is InChI=1S/C36H52N2O4/c1-7-24(8-2)21-25-19-20-29(42-6)28(22-25)23-37-31-30(36(3,4)5)33(35(40)41)38(32(31)26-15-11-9-12-16-26)34(39)27-17-13-10-14-18-27/h9,11-12,15-16,19-20,22,24,27,30-33,37H,7-8,10,13-14,17-18,21,23H2,1-6H3,(H,40,41)/t30-,31-,32-,33-/m0/s1. The van der Waals surface area contributed by atoms with Crippen molar-refractivity contribution in [3.05, 3.63) is 65.2 Å². The second kappa shape index (κ2) is 14.1. The van der Waals surface area contributed by atoms with Crippen LogP contribution in [0.25, 0.3) is 0 Å². The van der Waals surface area contributed by atoms with Crippen molar-refractivity contribution in [2.24, 2.45) is 23.2 Å². The molecule has 0 bridgehead atoms. The Labute approximate surface area is 253 Å². The number of nitrogens with one attached hydrogen (secondary N) is 1. The molecular weight excluding hydrogens is 524 g/mol. The lowest BCUT2D eigenvalue weighted by Crippen LogP contribution is -2.49. The van der Waals surface area contributed by atoms with E-state index < -0.39 is 12.0 Å². The van der Waals surface area contributed by atoms with Gasteiger partial charge in [0.15, 0.2) is 0 Å². The minimum Gasteiger partial charge on any atom is -0.496 e. The summed E-state index contributed by atoms with van der Waals surface area (Å²) >= 11 is 0. The maximum Gasteiger partial charge on any atom is 0.326 e.